The summed E-state index contributed by atoms with van der Waals surface area (Å²) in [5, 5.41) is 0. The average Bonchev–Trinajstić information content (AvgIpc) is 2.73. The van der Waals surface area contributed by atoms with Crippen LogP contribution in [0.1, 0.15) is 29.1 Å². The molecule has 1 aliphatic heterocycles. The lowest BCUT2D eigenvalue weighted by atomic mass is 10.1. The van der Waals surface area contributed by atoms with Crippen molar-refractivity contribution in [2.24, 2.45) is 0 Å². The number of carbonyl (C=O) groups excluding carboxylic acids is 1. The predicted molar refractivity (Wildman–Crippen MR) is 57.3 cm³/mol. The van der Waals surface area contributed by atoms with Crippen LogP contribution in [0.2, 0.25) is 0 Å². The first-order chi connectivity index (χ1) is 8.87. The number of likely N-dealkylation sites (tertiary alicyclic amines) is 1. The Kier molecular flexibility index (Phi) is 3.79. The standard InChI is InChI=1S/C11H13F3N2O3/c1-7-9(15-6-18-7)10(17)16-4-2-8(3-5-16)19-11(12,13)14/h6,8H,2-5H2,1H3. The van der Waals surface area contributed by atoms with Crippen molar-refractivity contribution in [3.05, 3.63) is 17.8 Å². The van der Waals surface area contributed by atoms with Crippen LogP contribution in [0.3, 0.4) is 0 Å². The van der Waals surface area contributed by atoms with Gasteiger partial charge in [0.2, 0.25) is 0 Å². The van der Waals surface area contributed by atoms with Gasteiger partial charge in [-0.1, -0.05) is 0 Å². The van der Waals surface area contributed by atoms with Crippen LogP contribution in [0, 0.1) is 6.92 Å². The molecule has 0 saturated carbocycles. The Hall–Kier alpha value is -1.57. The van der Waals surface area contributed by atoms with Crippen LogP contribution >= 0.6 is 0 Å². The number of halogens is 3. The number of rotatable bonds is 2. The number of oxazole rings is 1. The van der Waals surface area contributed by atoms with Gasteiger partial charge in [-0.05, 0) is 19.8 Å². The summed E-state index contributed by atoms with van der Waals surface area (Å²) in [5.41, 5.74) is 0.204. The fraction of sp³-hybridized carbons (Fsp3) is 0.636. The molecular formula is C11H13F3N2O3. The molecule has 2 heterocycles. The molecule has 1 aromatic rings. The van der Waals surface area contributed by atoms with Gasteiger partial charge in [0.1, 0.15) is 5.76 Å². The van der Waals surface area contributed by atoms with Crippen molar-refractivity contribution < 1.29 is 27.1 Å². The third-order valence-electron chi connectivity index (χ3n) is 2.98. The molecule has 0 spiro atoms. The van der Waals surface area contributed by atoms with E-state index in [4.69, 9.17) is 4.42 Å². The summed E-state index contributed by atoms with van der Waals surface area (Å²) in [7, 11) is 0. The first-order valence-corrected chi connectivity index (χ1v) is 5.81. The lowest BCUT2D eigenvalue weighted by Crippen LogP contribution is -2.42. The van der Waals surface area contributed by atoms with Crippen molar-refractivity contribution in [1.82, 2.24) is 9.88 Å². The minimum Gasteiger partial charge on any atom is -0.448 e. The van der Waals surface area contributed by atoms with E-state index >= 15 is 0 Å². The molecule has 8 heteroatoms. The maximum absolute atomic E-state index is 12.0. The van der Waals surface area contributed by atoms with Crippen molar-refractivity contribution >= 4 is 5.91 Å². The molecule has 19 heavy (non-hydrogen) atoms. The van der Waals surface area contributed by atoms with Gasteiger partial charge in [0.05, 0.1) is 6.10 Å². The zero-order valence-electron chi connectivity index (χ0n) is 10.2. The van der Waals surface area contributed by atoms with E-state index in [-0.39, 0.29) is 37.5 Å². The predicted octanol–water partition coefficient (Wildman–Crippen LogP) is 2.12. The van der Waals surface area contributed by atoms with E-state index in [1.807, 2.05) is 0 Å². The molecule has 1 saturated heterocycles. The Labute approximate surface area is 107 Å². The number of hydrogen-bond donors (Lipinski definition) is 0. The summed E-state index contributed by atoms with van der Waals surface area (Å²) in [4.78, 5) is 17.3. The fourth-order valence-electron chi connectivity index (χ4n) is 2.03. The second-order valence-electron chi connectivity index (χ2n) is 4.31. The third kappa shape index (κ3) is 3.46. The van der Waals surface area contributed by atoms with E-state index in [1.165, 1.54) is 11.3 Å². The zero-order valence-corrected chi connectivity index (χ0v) is 10.2. The van der Waals surface area contributed by atoms with Gasteiger partial charge < -0.3 is 9.32 Å². The van der Waals surface area contributed by atoms with E-state index in [2.05, 4.69) is 9.72 Å². The van der Waals surface area contributed by atoms with E-state index in [1.54, 1.807) is 6.92 Å². The van der Waals surface area contributed by atoms with Crippen molar-refractivity contribution in [1.29, 1.82) is 0 Å². The number of alkyl halides is 3. The summed E-state index contributed by atoms with van der Waals surface area (Å²) < 4.78 is 45.0. The van der Waals surface area contributed by atoms with Gasteiger partial charge in [0.25, 0.3) is 5.91 Å². The van der Waals surface area contributed by atoms with Crippen molar-refractivity contribution in [3.63, 3.8) is 0 Å². The van der Waals surface area contributed by atoms with E-state index in [0.29, 0.717) is 5.76 Å². The highest BCUT2D eigenvalue weighted by molar-refractivity contribution is 5.93. The van der Waals surface area contributed by atoms with Gasteiger partial charge in [0, 0.05) is 13.1 Å². The summed E-state index contributed by atoms with van der Waals surface area (Å²) in [6.45, 7) is 2.04. The van der Waals surface area contributed by atoms with E-state index < -0.39 is 12.5 Å². The molecule has 0 bridgehead atoms. The van der Waals surface area contributed by atoms with Crippen LogP contribution in [0.5, 0.6) is 0 Å². The first kappa shape index (κ1) is 13.9. The maximum Gasteiger partial charge on any atom is 0.522 e. The topological polar surface area (TPSA) is 55.6 Å². The van der Waals surface area contributed by atoms with Gasteiger partial charge in [0.15, 0.2) is 12.1 Å². The number of aryl methyl sites for hydroxylation is 1. The van der Waals surface area contributed by atoms with Gasteiger partial charge >= 0.3 is 6.36 Å². The second kappa shape index (κ2) is 5.20. The van der Waals surface area contributed by atoms with Gasteiger partial charge in [-0.25, -0.2) is 4.98 Å². The van der Waals surface area contributed by atoms with Crippen LogP contribution in [-0.2, 0) is 4.74 Å². The monoisotopic (exact) mass is 278 g/mol. The Morgan fingerprint density at radius 1 is 1.47 bits per heavy atom. The lowest BCUT2D eigenvalue weighted by Gasteiger charge is -2.31. The molecule has 1 aliphatic rings. The highest BCUT2D eigenvalue weighted by Crippen LogP contribution is 2.25. The fourth-order valence-corrected chi connectivity index (χ4v) is 2.03. The molecule has 1 aromatic heterocycles. The summed E-state index contributed by atoms with van der Waals surface area (Å²) in [6.07, 6.45) is -4.03. The molecule has 0 radical (unpaired) electrons. The largest absolute Gasteiger partial charge is 0.522 e. The minimum absolute atomic E-state index is 0.155. The molecule has 0 atom stereocenters. The first-order valence-electron chi connectivity index (χ1n) is 5.81. The molecule has 106 valence electrons. The molecule has 0 unspecified atom stereocenters. The molecule has 0 aliphatic carbocycles. The maximum atomic E-state index is 12.0. The molecular weight excluding hydrogens is 265 g/mol. The molecule has 2 rings (SSSR count). The average molecular weight is 278 g/mol. The summed E-state index contributed by atoms with van der Waals surface area (Å²) in [5.74, 6) is 0.0790. The lowest BCUT2D eigenvalue weighted by molar-refractivity contribution is -0.345. The summed E-state index contributed by atoms with van der Waals surface area (Å²) in [6, 6.07) is 0. The Morgan fingerprint density at radius 2 is 2.11 bits per heavy atom. The number of carbonyl (C=O) groups is 1. The van der Waals surface area contributed by atoms with Crippen LogP contribution in [0.4, 0.5) is 13.2 Å². The van der Waals surface area contributed by atoms with Crippen LogP contribution in [0.25, 0.3) is 0 Å². The number of ether oxygens (including phenoxy) is 1. The van der Waals surface area contributed by atoms with Crippen molar-refractivity contribution in [2.75, 3.05) is 13.1 Å². The molecule has 5 nitrogen and oxygen atoms in total. The Morgan fingerprint density at radius 3 is 2.58 bits per heavy atom. The minimum atomic E-state index is -4.63. The number of nitrogens with zero attached hydrogens (tertiary/aromatic N) is 2. The number of piperidine rings is 1. The third-order valence-corrected chi connectivity index (χ3v) is 2.98. The highest BCUT2D eigenvalue weighted by atomic mass is 19.4. The quantitative estimate of drug-likeness (QED) is 0.831. The molecule has 0 aromatic carbocycles. The van der Waals surface area contributed by atoms with Crippen molar-refractivity contribution in [3.8, 4) is 0 Å². The summed E-state index contributed by atoms with van der Waals surface area (Å²) >= 11 is 0. The van der Waals surface area contributed by atoms with E-state index in [0.717, 1.165) is 0 Å². The Balaban J connectivity index is 1.90. The van der Waals surface area contributed by atoms with Crippen molar-refractivity contribution in [2.45, 2.75) is 32.2 Å². The molecule has 1 fully saturated rings. The number of aromatic nitrogens is 1. The van der Waals surface area contributed by atoms with Crippen LogP contribution < -0.4 is 0 Å². The van der Waals surface area contributed by atoms with Gasteiger partial charge in [-0.3, -0.25) is 9.53 Å². The second-order valence-corrected chi connectivity index (χ2v) is 4.31. The van der Waals surface area contributed by atoms with E-state index in [9.17, 15) is 18.0 Å². The molecule has 0 N–H and O–H groups in total. The SMILES string of the molecule is Cc1ocnc1C(=O)N1CCC(OC(F)(F)F)CC1. The van der Waals surface area contributed by atoms with Crippen LogP contribution in [-0.4, -0.2) is 41.3 Å². The smallest absolute Gasteiger partial charge is 0.448 e. The molecule has 1 amide bonds. The zero-order chi connectivity index (χ0) is 14.0. The van der Waals surface area contributed by atoms with Gasteiger partial charge in [-0.15, -0.1) is 13.2 Å². The van der Waals surface area contributed by atoms with Gasteiger partial charge in [-0.2, -0.15) is 0 Å². The Bertz CT molecular complexity index is 450. The highest BCUT2D eigenvalue weighted by Gasteiger charge is 2.36. The number of amides is 1. The van der Waals surface area contributed by atoms with Crippen LogP contribution in [0.15, 0.2) is 10.8 Å². The number of hydrogen-bond acceptors (Lipinski definition) is 4. The normalized spacial score (nSPS) is 17.8.